The summed E-state index contributed by atoms with van der Waals surface area (Å²) in [7, 11) is 1.89. The van der Waals surface area contributed by atoms with Crippen molar-refractivity contribution in [1.29, 1.82) is 0 Å². The van der Waals surface area contributed by atoms with E-state index >= 15 is 0 Å². The molecule has 4 rings (SSSR count). The number of hydrogen-bond acceptors (Lipinski definition) is 6. The molecule has 200 valence electrons. The molecule has 0 bridgehead atoms. The van der Waals surface area contributed by atoms with Crippen molar-refractivity contribution in [2.45, 2.75) is 51.8 Å². The van der Waals surface area contributed by atoms with E-state index in [0.717, 1.165) is 46.9 Å². The molecule has 0 saturated carbocycles. The van der Waals surface area contributed by atoms with E-state index in [-0.39, 0.29) is 31.1 Å². The van der Waals surface area contributed by atoms with Crippen LogP contribution in [-0.4, -0.2) is 45.6 Å². The number of hydrogen-bond donors (Lipinski definition) is 4. The molecule has 0 aliphatic heterocycles. The van der Waals surface area contributed by atoms with Crippen LogP contribution in [-0.2, 0) is 30.7 Å². The number of carbonyl (C=O) groups excluding carboxylic acids is 1. The number of aromatic hydroxyl groups is 2. The molecule has 0 amide bonds. The van der Waals surface area contributed by atoms with Crippen molar-refractivity contribution in [3.8, 4) is 11.5 Å². The van der Waals surface area contributed by atoms with Crippen molar-refractivity contribution in [2.24, 2.45) is 0 Å². The van der Waals surface area contributed by atoms with E-state index in [1.807, 2.05) is 36.0 Å². The molecule has 1 heterocycles. The third-order valence-corrected chi connectivity index (χ3v) is 6.69. The molecular formula is C31H36N2O5. The lowest BCUT2D eigenvalue weighted by atomic mass is 10.0. The van der Waals surface area contributed by atoms with Gasteiger partial charge in [0.05, 0.1) is 23.8 Å². The van der Waals surface area contributed by atoms with Crippen molar-refractivity contribution < 1.29 is 24.9 Å². The van der Waals surface area contributed by atoms with Crippen LogP contribution in [0.15, 0.2) is 66.9 Å². The molecule has 1 atom stereocenters. The van der Waals surface area contributed by atoms with Gasteiger partial charge in [-0.2, -0.15) is 0 Å². The minimum atomic E-state index is -0.894. The SMILES string of the molecule is CCCCc1cc(O)c(Cn2cc(C[C@H](O)COC(=O)c3ccccc3)c3cc(CNC)ccc32)c(O)c1. The number of nitrogens with one attached hydrogen (secondary N) is 1. The maximum absolute atomic E-state index is 12.3. The monoisotopic (exact) mass is 516 g/mol. The Bertz CT molecular complexity index is 1360. The number of nitrogens with zero attached hydrogens (tertiary/aromatic N) is 1. The molecule has 0 aliphatic rings. The van der Waals surface area contributed by atoms with Crippen molar-refractivity contribution in [3.05, 3.63) is 94.7 Å². The number of phenolic OH excluding ortho intramolecular Hbond substituents is 2. The molecule has 3 aromatic carbocycles. The van der Waals surface area contributed by atoms with Crippen LogP contribution < -0.4 is 5.32 Å². The van der Waals surface area contributed by atoms with Gasteiger partial charge in [0, 0.05) is 30.1 Å². The molecular weight excluding hydrogens is 480 g/mol. The first-order valence-electron chi connectivity index (χ1n) is 13.1. The molecule has 1 aromatic heterocycles. The first-order chi connectivity index (χ1) is 18.4. The fourth-order valence-electron chi connectivity index (χ4n) is 4.72. The van der Waals surface area contributed by atoms with Gasteiger partial charge in [-0.1, -0.05) is 37.6 Å². The minimum Gasteiger partial charge on any atom is -0.507 e. The lowest BCUT2D eigenvalue weighted by Crippen LogP contribution is -2.21. The van der Waals surface area contributed by atoms with Gasteiger partial charge in [-0.05, 0) is 73.0 Å². The zero-order valence-corrected chi connectivity index (χ0v) is 22.0. The minimum absolute atomic E-state index is 0.0687. The highest BCUT2D eigenvalue weighted by atomic mass is 16.5. The fourth-order valence-corrected chi connectivity index (χ4v) is 4.72. The molecule has 0 unspecified atom stereocenters. The number of ether oxygens (including phenoxy) is 1. The predicted molar refractivity (Wildman–Crippen MR) is 149 cm³/mol. The van der Waals surface area contributed by atoms with E-state index in [1.54, 1.807) is 36.4 Å². The number of rotatable bonds is 12. The third-order valence-electron chi connectivity index (χ3n) is 6.69. The standard InChI is InChI=1S/C31H36N2O5/c1-3-4-8-21-14-29(35)27(30(36)15-21)19-33-18-24(26-13-22(17-32-2)11-12-28(26)33)16-25(34)20-38-31(37)23-9-6-5-7-10-23/h5-7,9-15,18,25,32,34-36H,3-4,8,16-17,19-20H2,1-2H3/t25-/m0/s1. The van der Waals surface area contributed by atoms with Crippen LogP contribution >= 0.6 is 0 Å². The zero-order valence-electron chi connectivity index (χ0n) is 22.0. The van der Waals surface area contributed by atoms with Crippen molar-refractivity contribution in [2.75, 3.05) is 13.7 Å². The van der Waals surface area contributed by atoms with E-state index in [1.165, 1.54) is 0 Å². The van der Waals surface area contributed by atoms with Gasteiger partial charge in [0.25, 0.3) is 0 Å². The Morgan fingerprint density at radius 2 is 1.76 bits per heavy atom. The summed E-state index contributed by atoms with van der Waals surface area (Å²) < 4.78 is 7.31. The summed E-state index contributed by atoms with van der Waals surface area (Å²) in [5.41, 5.74) is 4.70. The molecule has 4 aromatic rings. The second kappa shape index (κ2) is 12.6. The van der Waals surface area contributed by atoms with Crippen LogP contribution in [0, 0.1) is 0 Å². The van der Waals surface area contributed by atoms with Gasteiger partial charge in [-0.15, -0.1) is 0 Å². The molecule has 0 spiro atoms. The second-order valence-corrected chi connectivity index (χ2v) is 9.70. The highest BCUT2D eigenvalue weighted by Crippen LogP contribution is 2.33. The van der Waals surface area contributed by atoms with Gasteiger partial charge in [0.15, 0.2) is 0 Å². The summed E-state index contributed by atoms with van der Waals surface area (Å²) in [6.07, 6.45) is 4.14. The van der Waals surface area contributed by atoms with Crippen LogP contribution in [0.1, 0.15) is 52.4 Å². The summed E-state index contributed by atoms with van der Waals surface area (Å²) in [5.74, 6) is -0.338. The van der Waals surface area contributed by atoms with Crippen LogP contribution in [0.25, 0.3) is 10.9 Å². The highest BCUT2D eigenvalue weighted by molar-refractivity contribution is 5.89. The summed E-state index contributed by atoms with van der Waals surface area (Å²) >= 11 is 0. The van der Waals surface area contributed by atoms with Gasteiger partial charge in [0.2, 0.25) is 0 Å². The van der Waals surface area contributed by atoms with E-state index in [2.05, 4.69) is 18.3 Å². The Morgan fingerprint density at radius 1 is 1.03 bits per heavy atom. The summed E-state index contributed by atoms with van der Waals surface area (Å²) in [4.78, 5) is 12.3. The van der Waals surface area contributed by atoms with Crippen molar-refractivity contribution in [1.82, 2.24) is 9.88 Å². The maximum atomic E-state index is 12.3. The predicted octanol–water partition coefficient (Wildman–Crippen LogP) is 4.92. The number of fused-ring (bicyclic) bond motifs is 1. The Labute approximate surface area is 223 Å². The topological polar surface area (TPSA) is 104 Å². The quantitative estimate of drug-likeness (QED) is 0.199. The molecule has 0 radical (unpaired) electrons. The smallest absolute Gasteiger partial charge is 0.338 e. The number of aliphatic hydroxyl groups excluding tert-OH is 1. The maximum Gasteiger partial charge on any atom is 0.338 e. The van der Waals surface area contributed by atoms with Gasteiger partial charge >= 0.3 is 5.97 Å². The molecule has 0 fully saturated rings. The molecule has 0 saturated heterocycles. The van der Waals surface area contributed by atoms with Crippen LogP contribution in [0.5, 0.6) is 11.5 Å². The lowest BCUT2D eigenvalue weighted by Gasteiger charge is -2.12. The number of aromatic nitrogens is 1. The first-order valence-corrected chi connectivity index (χ1v) is 13.1. The average molecular weight is 517 g/mol. The summed E-state index contributed by atoms with van der Waals surface area (Å²) in [6.45, 7) is 2.94. The van der Waals surface area contributed by atoms with Gasteiger partial charge < -0.3 is 29.9 Å². The lowest BCUT2D eigenvalue weighted by molar-refractivity contribution is 0.0259. The summed E-state index contributed by atoms with van der Waals surface area (Å²) in [6, 6.07) is 18.3. The largest absolute Gasteiger partial charge is 0.507 e. The van der Waals surface area contributed by atoms with Crippen LogP contribution in [0.4, 0.5) is 0 Å². The Balaban J connectivity index is 1.57. The van der Waals surface area contributed by atoms with Gasteiger partial charge in [-0.3, -0.25) is 0 Å². The number of aryl methyl sites for hydroxylation is 1. The number of benzene rings is 3. The number of aliphatic hydroxyl groups is 1. The van der Waals surface area contributed by atoms with E-state index < -0.39 is 12.1 Å². The van der Waals surface area contributed by atoms with Crippen LogP contribution in [0.3, 0.4) is 0 Å². The molecule has 38 heavy (non-hydrogen) atoms. The molecule has 4 N–H and O–H groups in total. The molecule has 7 nitrogen and oxygen atoms in total. The number of esters is 1. The fraction of sp³-hybridized carbons (Fsp3) is 0.323. The Kier molecular flexibility index (Phi) is 9.05. The van der Waals surface area contributed by atoms with Crippen molar-refractivity contribution >= 4 is 16.9 Å². The third kappa shape index (κ3) is 6.54. The van der Waals surface area contributed by atoms with E-state index in [0.29, 0.717) is 17.7 Å². The van der Waals surface area contributed by atoms with E-state index in [9.17, 15) is 20.1 Å². The molecule has 7 heteroatoms. The number of unbranched alkanes of at least 4 members (excludes halogenated alkanes) is 1. The van der Waals surface area contributed by atoms with E-state index in [4.69, 9.17) is 4.74 Å². The number of carbonyl (C=O) groups is 1. The second-order valence-electron chi connectivity index (χ2n) is 9.70. The van der Waals surface area contributed by atoms with Crippen molar-refractivity contribution in [3.63, 3.8) is 0 Å². The zero-order chi connectivity index (χ0) is 27.1. The number of phenols is 2. The Morgan fingerprint density at radius 3 is 2.45 bits per heavy atom. The van der Waals surface area contributed by atoms with Gasteiger partial charge in [0.1, 0.15) is 18.1 Å². The van der Waals surface area contributed by atoms with Crippen LogP contribution in [0.2, 0.25) is 0 Å². The summed E-state index contributed by atoms with van der Waals surface area (Å²) in [5, 5.41) is 36.3. The first kappa shape index (κ1) is 27.2. The Hall–Kier alpha value is -3.81. The average Bonchev–Trinajstić information content (AvgIpc) is 3.24. The highest BCUT2D eigenvalue weighted by Gasteiger charge is 2.18. The van der Waals surface area contributed by atoms with Gasteiger partial charge in [-0.25, -0.2) is 4.79 Å². The molecule has 0 aliphatic carbocycles. The normalized spacial score (nSPS) is 12.1.